The molecule has 0 aromatic heterocycles. The number of fused-ring (bicyclic) bond motifs is 1. The molecule has 3 atom stereocenters. The van der Waals surface area contributed by atoms with Crippen LogP contribution in [0, 0.1) is 6.92 Å². The lowest BCUT2D eigenvalue weighted by Crippen LogP contribution is -2.60. The van der Waals surface area contributed by atoms with Crippen LogP contribution < -0.4 is 9.64 Å². The molecule has 3 aliphatic rings. The molecule has 2 saturated heterocycles. The summed E-state index contributed by atoms with van der Waals surface area (Å²) in [6.45, 7) is 6.44. The fraction of sp³-hybridized carbons (Fsp3) is 0.467. The first kappa shape index (κ1) is 25.2. The second-order valence-electron chi connectivity index (χ2n) is 10.4. The number of aryl methyl sites for hydroxylation is 1. The monoisotopic (exact) mass is 503 g/mol. The molecule has 0 spiro atoms. The number of ether oxygens (including phenoxy) is 2. The molecule has 37 heavy (non-hydrogen) atoms. The van der Waals surface area contributed by atoms with Crippen LogP contribution in [-0.2, 0) is 14.3 Å². The van der Waals surface area contributed by atoms with Crippen LogP contribution in [0.5, 0.6) is 5.75 Å². The Morgan fingerprint density at radius 2 is 1.89 bits per heavy atom. The first-order chi connectivity index (χ1) is 17.9. The molecule has 0 N–H and O–H groups in total. The summed E-state index contributed by atoms with van der Waals surface area (Å²) in [6, 6.07) is 16.2. The number of rotatable bonds is 5. The molecule has 1 aliphatic carbocycles. The van der Waals surface area contributed by atoms with Crippen LogP contribution in [-0.4, -0.2) is 73.1 Å². The van der Waals surface area contributed by atoms with Crippen LogP contribution >= 0.6 is 0 Å². The van der Waals surface area contributed by atoms with E-state index in [1.165, 1.54) is 11.3 Å². The average Bonchev–Trinajstić information content (AvgIpc) is 2.91. The van der Waals surface area contributed by atoms with Crippen molar-refractivity contribution >= 4 is 23.6 Å². The SMILES string of the molecule is COc1ccc(/C=C2/OC3CCCCC3N(CC(=O)N3CCN(c4cccc(C)c4)C(C)C3)C2=O)cc1. The topological polar surface area (TPSA) is 62.3 Å². The molecule has 2 aromatic rings. The maximum atomic E-state index is 13.6. The Kier molecular flexibility index (Phi) is 7.40. The first-order valence-corrected chi connectivity index (χ1v) is 13.4. The van der Waals surface area contributed by atoms with Gasteiger partial charge >= 0.3 is 0 Å². The van der Waals surface area contributed by atoms with Crippen molar-refractivity contribution in [3.05, 3.63) is 65.4 Å². The van der Waals surface area contributed by atoms with Crippen molar-refractivity contribution in [2.45, 2.75) is 57.7 Å². The van der Waals surface area contributed by atoms with Gasteiger partial charge in [-0.15, -0.1) is 0 Å². The zero-order chi connectivity index (χ0) is 25.9. The summed E-state index contributed by atoms with van der Waals surface area (Å²) in [5, 5.41) is 0. The molecule has 2 amide bonds. The van der Waals surface area contributed by atoms with Gasteiger partial charge in [-0.05, 0) is 74.6 Å². The fourth-order valence-corrected chi connectivity index (χ4v) is 5.83. The number of benzene rings is 2. The molecule has 2 aromatic carbocycles. The minimum atomic E-state index is -0.196. The first-order valence-electron chi connectivity index (χ1n) is 13.4. The number of piperazine rings is 1. The van der Waals surface area contributed by atoms with Gasteiger partial charge in [-0.2, -0.15) is 0 Å². The van der Waals surface area contributed by atoms with Gasteiger partial charge < -0.3 is 24.2 Å². The van der Waals surface area contributed by atoms with Gasteiger partial charge in [-0.3, -0.25) is 9.59 Å². The summed E-state index contributed by atoms with van der Waals surface area (Å²) in [6.07, 6.45) is 5.61. The highest BCUT2D eigenvalue weighted by molar-refractivity contribution is 5.98. The lowest BCUT2D eigenvalue weighted by molar-refractivity contribution is -0.154. The number of carbonyl (C=O) groups is 2. The summed E-state index contributed by atoms with van der Waals surface area (Å²) in [5.74, 6) is 0.894. The smallest absolute Gasteiger partial charge is 0.289 e. The van der Waals surface area contributed by atoms with Crippen LogP contribution in [0.4, 0.5) is 5.69 Å². The molecule has 3 unspecified atom stereocenters. The summed E-state index contributed by atoms with van der Waals surface area (Å²) in [5.41, 5.74) is 3.29. The third-order valence-electron chi connectivity index (χ3n) is 7.85. The number of nitrogens with zero attached hydrogens (tertiary/aromatic N) is 3. The van der Waals surface area contributed by atoms with Gasteiger partial charge in [0, 0.05) is 31.4 Å². The summed E-state index contributed by atoms with van der Waals surface area (Å²) in [7, 11) is 1.63. The van der Waals surface area contributed by atoms with E-state index in [-0.39, 0.29) is 36.5 Å². The summed E-state index contributed by atoms with van der Waals surface area (Å²) < 4.78 is 11.5. The predicted octanol–water partition coefficient (Wildman–Crippen LogP) is 4.25. The molecule has 7 heteroatoms. The predicted molar refractivity (Wildman–Crippen MR) is 144 cm³/mol. The minimum Gasteiger partial charge on any atom is -0.497 e. The standard InChI is InChI=1S/C30H37N3O4/c1-21-7-6-8-24(17-21)32-16-15-31(19-22(32)2)29(34)20-33-26-9-4-5-10-27(26)37-28(30(33)35)18-23-11-13-25(36-3)14-12-23/h6-8,11-14,17-18,22,26-27H,4-5,9-10,15-16,19-20H2,1-3H3/b28-18+. The molecular weight excluding hydrogens is 466 g/mol. The molecule has 3 fully saturated rings. The van der Waals surface area contributed by atoms with Crippen LogP contribution in [0.15, 0.2) is 54.3 Å². The molecule has 2 aliphatic heterocycles. The maximum Gasteiger partial charge on any atom is 0.289 e. The number of methoxy groups -OCH3 is 1. The Morgan fingerprint density at radius 3 is 2.62 bits per heavy atom. The molecule has 196 valence electrons. The second-order valence-corrected chi connectivity index (χ2v) is 10.4. The van der Waals surface area contributed by atoms with Gasteiger partial charge in [0.25, 0.3) is 5.91 Å². The van der Waals surface area contributed by atoms with Gasteiger partial charge in [0.2, 0.25) is 5.91 Å². The van der Waals surface area contributed by atoms with E-state index in [1.807, 2.05) is 29.2 Å². The van der Waals surface area contributed by atoms with Crippen LogP contribution in [0.25, 0.3) is 6.08 Å². The third-order valence-corrected chi connectivity index (χ3v) is 7.85. The molecule has 7 nitrogen and oxygen atoms in total. The Bertz CT molecular complexity index is 1160. The van der Waals surface area contributed by atoms with Crippen molar-refractivity contribution in [2.75, 3.05) is 38.2 Å². The minimum absolute atomic E-state index is 0.0131. The van der Waals surface area contributed by atoms with E-state index >= 15 is 0 Å². The van der Waals surface area contributed by atoms with Crippen molar-refractivity contribution in [1.82, 2.24) is 9.80 Å². The van der Waals surface area contributed by atoms with E-state index < -0.39 is 0 Å². The molecule has 5 rings (SSSR count). The zero-order valence-electron chi connectivity index (χ0n) is 22.1. The highest BCUT2D eigenvalue weighted by Gasteiger charge is 2.43. The second kappa shape index (κ2) is 10.9. The molecule has 1 saturated carbocycles. The number of carbonyl (C=O) groups excluding carboxylic acids is 2. The van der Waals surface area contributed by atoms with Gasteiger partial charge in [0.1, 0.15) is 18.4 Å². The summed E-state index contributed by atoms with van der Waals surface area (Å²) >= 11 is 0. The molecule has 0 radical (unpaired) electrons. The van der Waals surface area contributed by atoms with Crippen molar-refractivity contribution in [1.29, 1.82) is 0 Å². The Labute approximate surface area is 219 Å². The van der Waals surface area contributed by atoms with Gasteiger partial charge in [0.05, 0.1) is 13.2 Å². The molecule has 0 bridgehead atoms. The van der Waals surface area contributed by atoms with Gasteiger partial charge in [-0.1, -0.05) is 30.7 Å². The largest absolute Gasteiger partial charge is 0.497 e. The van der Waals surface area contributed by atoms with Crippen LogP contribution in [0.2, 0.25) is 0 Å². The fourth-order valence-electron chi connectivity index (χ4n) is 5.83. The summed E-state index contributed by atoms with van der Waals surface area (Å²) in [4.78, 5) is 33.2. The Morgan fingerprint density at radius 1 is 1.11 bits per heavy atom. The highest BCUT2D eigenvalue weighted by Crippen LogP contribution is 2.33. The lowest BCUT2D eigenvalue weighted by atomic mass is 9.89. The number of amides is 2. The van der Waals surface area contributed by atoms with Crippen molar-refractivity contribution < 1.29 is 19.1 Å². The average molecular weight is 504 g/mol. The normalized spacial score (nSPS) is 25.1. The van der Waals surface area contributed by atoms with Gasteiger partial charge in [0.15, 0.2) is 5.76 Å². The van der Waals surface area contributed by atoms with E-state index in [0.717, 1.165) is 43.5 Å². The molecular formula is C30H37N3O4. The van der Waals surface area contributed by atoms with E-state index in [0.29, 0.717) is 18.8 Å². The van der Waals surface area contributed by atoms with E-state index in [9.17, 15) is 9.59 Å². The number of anilines is 1. The van der Waals surface area contributed by atoms with E-state index in [2.05, 4.69) is 43.0 Å². The Hall–Kier alpha value is -3.48. The maximum absolute atomic E-state index is 13.6. The third kappa shape index (κ3) is 5.45. The number of hydrogen-bond donors (Lipinski definition) is 0. The zero-order valence-corrected chi connectivity index (χ0v) is 22.1. The van der Waals surface area contributed by atoms with Crippen molar-refractivity contribution in [3.8, 4) is 5.75 Å². The van der Waals surface area contributed by atoms with E-state index in [1.54, 1.807) is 18.1 Å². The number of morpholine rings is 1. The van der Waals surface area contributed by atoms with Gasteiger partial charge in [-0.25, -0.2) is 0 Å². The van der Waals surface area contributed by atoms with E-state index in [4.69, 9.17) is 9.47 Å². The van der Waals surface area contributed by atoms with Crippen LogP contribution in [0.1, 0.15) is 43.7 Å². The Balaban J connectivity index is 1.30. The van der Waals surface area contributed by atoms with Crippen LogP contribution in [0.3, 0.4) is 0 Å². The van der Waals surface area contributed by atoms with Crippen molar-refractivity contribution in [2.24, 2.45) is 0 Å². The lowest BCUT2D eigenvalue weighted by Gasteiger charge is -2.46. The quantitative estimate of drug-likeness (QED) is 0.571. The number of hydrogen-bond acceptors (Lipinski definition) is 5. The molecule has 2 heterocycles. The van der Waals surface area contributed by atoms with Crippen molar-refractivity contribution in [3.63, 3.8) is 0 Å². The highest BCUT2D eigenvalue weighted by atomic mass is 16.5.